The largest absolute Gasteiger partial charge is 0.455 e. The number of nitrogens with one attached hydrogen (secondary N) is 3. The van der Waals surface area contributed by atoms with E-state index in [-0.39, 0.29) is 11.8 Å². The standard InChI is InChI=1S/C33H34N6O4S/c1-21-17-23(38-32(41)33(12-13-33)31(40)37-22-7-5-4-6-8-22)9-10-26(21)43-27-11-14-35-25-18-28(44-29(25)27)30-36-20-24(39(30)2)19-34-15-16-42-3/h4-11,14,17-18,20,34H,12-13,15-16,19H2,1-3H3,(H,37,40)(H,38,41). The van der Waals surface area contributed by atoms with Gasteiger partial charge in [-0.2, -0.15) is 0 Å². The normalized spacial score (nSPS) is 13.5. The summed E-state index contributed by atoms with van der Waals surface area (Å²) in [5.41, 5.74) is 2.98. The zero-order chi connectivity index (χ0) is 30.7. The number of fused-ring (bicyclic) bond motifs is 1. The van der Waals surface area contributed by atoms with Gasteiger partial charge in [-0.15, -0.1) is 11.3 Å². The van der Waals surface area contributed by atoms with Gasteiger partial charge in [-0.25, -0.2) is 4.98 Å². The summed E-state index contributed by atoms with van der Waals surface area (Å²) in [5, 5.41) is 9.16. The number of amides is 2. The van der Waals surface area contributed by atoms with E-state index in [4.69, 9.17) is 9.47 Å². The number of imidazole rings is 1. The first kappa shape index (κ1) is 29.5. The van der Waals surface area contributed by atoms with Crippen LogP contribution in [0.15, 0.2) is 73.1 Å². The molecule has 44 heavy (non-hydrogen) atoms. The molecule has 3 heterocycles. The molecule has 0 atom stereocenters. The molecule has 11 heteroatoms. The lowest BCUT2D eigenvalue weighted by Gasteiger charge is -2.16. The Morgan fingerprint density at radius 2 is 1.75 bits per heavy atom. The number of methoxy groups -OCH3 is 1. The zero-order valence-corrected chi connectivity index (χ0v) is 25.7. The summed E-state index contributed by atoms with van der Waals surface area (Å²) in [4.78, 5) is 36.3. The lowest BCUT2D eigenvalue weighted by molar-refractivity contribution is -0.131. The van der Waals surface area contributed by atoms with Crippen LogP contribution in [0.2, 0.25) is 0 Å². The highest BCUT2D eigenvalue weighted by atomic mass is 32.1. The van der Waals surface area contributed by atoms with Crippen molar-refractivity contribution in [1.29, 1.82) is 0 Å². The second-order valence-corrected chi connectivity index (χ2v) is 11.9. The number of aryl methyl sites for hydroxylation is 1. The Bertz CT molecular complexity index is 1810. The number of thiophene rings is 1. The molecule has 1 aliphatic rings. The van der Waals surface area contributed by atoms with Crippen molar-refractivity contribution in [2.24, 2.45) is 12.5 Å². The smallest absolute Gasteiger partial charge is 0.240 e. The lowest BCUT2D eigenvalue weighted by atomic mass is 10.0. The van der Waals surface area contributed by atoms with E-state index in [1.807, 2.05) is 62.6 Å². The van der Waals surface area contributed by atoms with E-state index in [0.29, 0.717) is 48.9 Å². The van der Waals surface area contributed by atoms with Gasteiger partial charge in [0.15, 0.2) is 0 Å². The molecule has 1 aliphatic carbocycles. The van der Waals surface area contributed by atoms with Crippen LogP contribution in [0.3, 0.4) is 0 Å². The number of anilines is 2. The number of benzene rings is 2. The van der Waals surface area contributed by atoms with E-state index < -0.39 is 5.41 Å². The van der Waals surface area contributed by atoms with Crippen molar-refractivity contribution in [3.8, 4) is 22.2 Å². The Kier molecular flexibility index (Phi) is 8.42. The highest BCUT2D eigenvalue weighted by Crippen LogP contribution is 2.48. The molecule has 0 aliphatic heterocycles. The zero-order valence-electron chi connectivity index (χ0n) is 24.8. The van der Waals surface area contributed by atoms with Crippen molar-refractivity contribution in [1.82, 2.24) is 19.9 Å². The minimum absolute atomic E-state index is 0.282. The molecule has 3 aromatic heterocycles. The summed E-state index contributed by atoms with van der Waals surface area (Å²) in [7, 11) is 3.70. The van der Waals surface area contributed by atoms with Gasteiger partial charge in [-0.05, 0) is 61.7 Å². The molecule has 226 valence electrons. The topological polar surface area (TPSA) is 119 Å². The summed E-state index contributed by atoms with van der Waals surface area (Å²) in [6.07, 6.45) is 4.65. The van der Waals surface area contributed by atoms with E-state index in [0.717, 1.165) is 38.7 Å². The van der Waals surface area contributed by atoms with Crippen molar-refractivity contribution >= 4 is 44.7 Å². The molecule has 0 bridgehead atoms. The van der Waals surface area contributed by atoms with Crippen LogP contribution in [0.25, 0.3) is 20.9 Å². The number of hydrogen-bond acceptors (Lipinski definition) is 8. The minimum atomic E-state index is -1.05. The molecular formula is C33H34N6O4S. The molecule has 1 fully saturated rings. The van der Waals surface area contributed by atoms with Crippen LogP contribution < -0.4 is 20.7 Å². The highest BCUT2D eigenvalue weighted by molar-refractivity contribution is 7.22. The maximum absolute atomic E-state index is 13.2. The maximum atomic E-state index is 13.2. The number of ether oxygens (including phenoxy) is 2. The van der Waals surface area contributed by atoms with E-state index in [1.165, 1.54) is 0 Å². The number of hydrogen-bond donors (Lipinski definition) is 3. The Morgan fingerprint density at radius 3 is 2.48 bits per heavy atom. The Hall–Kier alpha value is -4.58. The maximum Gasteiger partial charge on any atom is 0.240 e. The van der Waals surface area contributed by atoms with E-state index in [2.05, 4.69) is 30.5 Å². The second kappa shape index (κ2) is 12.6. The van der Waals surface area contributed by atoms with E-state index in [1.54, 1.807) is 42.8 Å². The van der Waals surface area contributed by atoms with Gasteiger partial charge >= 0.3 is 0 Å². The highest BCUT2D eigenvalue weighted by Gasteiger charge is 2.56. The van der Waals surface area contributed by atoms with Crippen LogP contribution in [0.4, 0.5) is 11.4 Å². The van der Waals surface area contributed by atoms with Crippen molar-refractivity contribution in [3.63, 3.8) is 0 Å². The predicted octanol–water partition coefficient (Wildman–Crippen LogP) is 5.89. The van der Waals surface area contributed by atoms with Crippen molar-refractivity contribution in [2.45, 2.75) is 26.3 Å². The Morgan fingerprint density at radius 1 is 0.977 bits per heavy atom. The number of rotatable bonds is 12. The number of aromatic nitrogens is 3. The van der Waals surface area contributed by atoms with Crippen molar-refractivity contribution in [2.75, 3.05) is 30.9 Å². The number of nitrogens with zero attached hydrogens (tertiary/aromatic N) is 3. The van der Waals surface area contributed by atoms with E-state index >= 15 is 0 Å². The molecule has 3 N–H and O–H groups in total. The number of para-hydroxylation sites is 1. The molecule has 0 unspecified atom stereocenters. The molecule has 0 radical (unpaired) electrons. The fourth-order valence-corrected chi connectivity index (χ4v) is 6.10. The van der Waals surface area contributed by atoms with Gasteiger partial charge in [0.2, 0.25) is 11.8 Å². The fourth-order valence-electron chi connectivity index (χ4n) is 5.00. The molecule has 0 spiro atoms. The molecule has 2 amide bonds. The van der Waals surface area contributed by atoms with Crippen molar-refractivity contribution in [3.05, 3.63) is 84.3 Å². The Balaban J connectivity index is 1.14. The molecular weight excluding hydrogens is 576 g/mol. The first-order valence-corrected chi connectivity index (χ1v) is 15.3. The number of carbonyl (C=O) groups is 2. The van der Waals surface area contributed by atoms with Gasteiger partial charge in [-0.3, -0.25) is 14.6 Å². The fraction of sp³-hybridized carbons (Fsp3) is 0.273. The molecule has 10 nitrogen and oxygen atoms in total. The summed E-state index contributed by atoms with van der Waals surface area (Å²) >= 11 is 1.58. The lowest BCUT2D eigenvalue weighted by Crippen LogP contribution is -2.35. The number of pyridine rings is 1. The van der Waals surface area contributed by atoms with Crippen LogP contribution in [-0.4, -0.2) is 46.6 Å². The third-order valence-corrected chi connectivity index (χ3v) is 8.91. The molecule has 5 aromatic rings. The number of carbonyl (C=O) groups excluding carboxylic acids is 2. The van der Waals surface area contributed by atoms with Gasteiger partial charge in [-0.1, -0.05) is 18.2 Å². The summed E-state index contributed by atoms with van der Waals surface area (Å²) in [6, 6.07) is 18.5. The first-order valence-electron chi connectivity index (χ1n) is 14.4. The monoisotopic (exact) mass is 610 g/mol. The average molecular weight is 611 g/mol. The summed E-state index contributed by atoms with van der Waals surface area (Å²) in [5.74, 6) is 1.63. The SMILES string of the molecule is COCCNCc1cnc(-c2cc3nccc(Oc4ccc(NC(=O)C5(C(=O)Nc6ccccc6)CC5)cc4C)c3s2)n1C. The van der Waals surface area contributed by atoms with Crippen LogP contribution in [0, 0.1) is 12.3 Å². The van der Waals surface area contributed by atoms with Crippen LogP contribution >= 0.6 is 11.3 Å². The van der Waals surface area contributed by atoms with Gasteiger partial charge in [0.05, 0.1) is 33.6 Å². The first-order chi connectivity index (χ1) is 21.4. The van der Waals surface area contributed by atoms with Gasteiger partial charge in [0, 0.05) is 50.9 Å². The van der Waals surface area contributed by atoms with Crippen molar-refractivity contribution < 1.29 is 19.1 Å². The molecule has 1 saturated carbocycles. The minimum Gasteiger partial charge on any atom is -0.455 e. The summed E-state index contributed by atoms with van der Waals surface area (Å²) < 4.78 is 14.5. The second-order valence-electron chi connectivity index (χ2n) is 10.9. The third kappa shape index (κ3) is 6.07. The molecule has 0 saturated heterocycles. The molecule has 2 aromatic carbocycles. The van der Waals surface area contributed by atoms with Crippen LogP contribution in [0.5, 0.6) is 11.5 Å². The van der Waals surface area contributed by atoms with Crippen LogP contribution in [0.1, 0.15) is 24.1 Å². The third-order valence-electron chi connectivity index (χ3n) is 7.77. The van der Waals surface area contributed by atoms with Gasteiger partial charge in [0.1, 0.15) is 22.7 Å². The summed E-state index contributed by atoms with van der Waals surface area (Å²) in [6.45, 7) is 4.04. The Labute approximate surface area is 259 Å². The average Bonchev–Trinajstić information content (AvgIpc) is 3.61. The molecule has 6 rings (SSSR count). The van der Waals surface area contributed by atoms with Crippen LogP contribution in [-0.2, 0) is 27.9 Å². The van der Waals surface area contributed by atoms with Gasteiger partial charge in [0.25, 0.3) is 0 Å². The quantitative estimate of drug-likeness (QED) is 0.119. The predicted molar refractivity (Wildman–Crippen MR) is 172 cm³/mol. The van der Waals surface area contributed by atoms with Gasteiger partial charge < -0.3 is 30.0 Å². The van der Waals surface area contributed by atoms with E-state index in [9.17, 15) is 9.59 Å².